The van der Waals surface area contributed by atoms with Crippen molar-refractivity contribution < 1.29 is 41.6 Å². The largest absolute Gasteiger partial charge is 0.435 e. The highest BCUT2D eigenvalue weighted by atomic mass is 35.5. The monoisotopic (exact) mass is 660 g/mol. The van der Waals surface area contributed by atoms with E-state index in [1.54, 1.807) is 6.26 Å². The Hall–Kier alpha value is -3.15. The van der Waals surface area contributed by atoms with Crippen LogP contribution in [0.2, 0.25) is 5.02 Å². The molecule has 0 bridgehead atoms. The van der Waals surface area contributed by atoms with Crippen LogP contribution in [0, 0.1) is 18.6 Å². The number of alkyl halides is 3. The number of aliphatic hydroxyl groups is 2. The summed E-state index contributed by atoms with van der Waals surface area (Å²) in [7, 11) is 1.31. The van der Waals surface area contributed by atoms with Crippen molar-refractivity contribution in [3.05, 3.63) is 70.8 Å². The Balaban J connectivity index is 1.63. The molecule has 3 aromatic heterocycles. The van der Waals surface area contributed by atoms with Gasteiger partial charge in [-0.05, 0) is 38.3 Å². The third-order valence-corrected chi connectivity index (χ3v) is 8.18. The van der Waals surface area contributed by atoms with Gasteiger partial charge in [-0.25, -0.2) is 23.4 Å². The number of thioether (sulfide) groups is 1. The fourth-order valence-electron chi connectivity index (χ4n) is 5.19. The van der Waals surface area contributed by atoms with Gasteiger partial charge in [-0.15, -0.1) is 11.8 Å². The molecule has 2 N–H and O–H groups in total. The summed E-state index contributed by atoms with van der Waals surface area (Å²) in [6, 6.07) is 2.53. The topological polar surface area (TPSA) is 120 Å². The molecule has 4 aromatic rings. The van der Waals surface area contributed by atoms with Crippen LogP contribution < -0.4 is 0 Å². The fraction of sp³-hybridized carbons (Fsp3) is 0.407. The summed E-state index contributed by atoms with van der Waals surface area (Å²) in [5, 5.41) is 30.4. The highest BCUT2D eigenvalue weighted by Gasteiger charge is 2.51. The third-order valence-electron chi connectivity index (χ3n) is 7.19. The SMILES string of the molecule is CO[C@H]1C(C(C)O)O[C@@H](c2nc(C)nn2-c2cc(SC)cnc2C(F)(F)F)C(O)C1n1cc(-c2ccc(Cl)c(F)c2F)cn1. The van der Waals surface area contributed by atoms with Gasteiger partial charge in [0.2, 0.25) is 0 Å². The molecule has 1 aromatic carbocycles. The van der Waals surface area contributed by atoms with Crippen LogP contribution in [-0.4, -0.2) is 77.5 Å². The molecule has 5 rings (SSSR count). The van der Waals surface area contributed by atoms with E-state index in [9.17, 15) is 32.2 Å². The zero-order chi connectivity index (χ0) is 32.1. The van der Waals surface area contributed by atoms with Gasteiger partial charge in [0.1, 0.15) is 36.3 Å². The second kappa shape index (κ2) is 12.3. The lowest BCUT2D eigenvalue weighted by Gasteiger charge is -2.45. The molecule has 0 saturated carbocycles. The Morgan fingerprint density at radius 3 is 2.55 bits per heavy atom. The Bertz CT molecular complexity index is 1670. The molecular formula is C27H26ClF5N6O4S. The number of methoxy groups -OCH3 is 1. The number of halogens is 6. The second-order valence-electron chi connectivity index (χ2n) is 10.0. The average molecular weight is 661 g/mol. The van der Waals surface area contributed by atoms with Crippen molar-refractivity contribution in [3.63, 3.8) is 0 Å². The number of aromatic nitrogens is 6. The van der Waals surface area contributed by atoms with E-state index in [0.29, 0.717) is 4.90 Å². The first-order chi connectivity index (χ1) is 20.8. The normalized spacial score (nSPS) is 23.2. The number of nitrogens with zero attached hydrogens (tertiary/aromatic N) is 6. The predicted molar refractivity (Wildman–Crippen MR) is 148 cm³/mol. The van der Waals surface area contributed by atoms with Gasteiger partial charge in [0.15, 0.2) is 23.2 Å². The molecule has 236 valence electrons. The smallest absolute Gasteiger partial charge is 0.391 e. The van der Waals surface area contributed by atoms with Crippen LogP contribution >= 0.6 is 23.4 Å². The first kappa shape index (κ1) is 32.2. The summed E-state index contributed by atoms with van der Waals surface area (Å²) in [5.41, 5.74) is -1.71. The van der Waals surface area contributed by atoms with Crippen LogP contribution in [0.4, 0.5) is 22.0 Å². The molecule has 4 unspecified atom stereocenters. The maximum Gasteiger partial charge on any atom is 0.435 e. The van der Waals surface area contributed by atoms with E-state index < -0.39 is 70.8 Å². The number of ether oxygens (including phenoxy) is 2. The van der Waals surface area contributed by atoms with Crippen molar-refractivity contribution in [2.24, 2.45) is 0 Å². The van der Waals surface area contributed by atoms with E-state index in [0.717, 1.165) is 22.6 Å². The van der Waals surface area contributed by atoms with Crippen molar-refractivity contribution in [2.75, 3.05) is 13.4 Å². The molecule has 4 heterocycles. The number of pyridine rings is 1. The molecule has 17 heteroatoms. The first-order valence-electron chi connectivity index (χ1n) is 13.0. The fourth-order valence-corrected chi connectivity index (χ4v) is 5.72. The Labute approximate surface area is 256 Å². The number of aliphatic hydroxyl groups excluding tert-OH is 2. The van der Waals surface area contributed by atoms with Gasteiger partial charge in [0.05, 0.1) is 23.0 Å². The lowest BCUT2D eigenvalue weighted by molar-refractivity contribution is -0.230. The summed E-state index contributed by atoms with van der Waals surface area (Å²) >= 11 is 6.85. The third kappa shape index (κ3) is 5.81. The van der Waals surface area contributed by atoms with E-state index in [-0.39, 0.29) is 22.8 Å². The van der Waals surface area contributed by atoms with Crippen LogP contribution in [0.5, 0.6) is 0 Å². The maximum atomic E-state index is 14.7. The van der Waals surface area contributed by atoms with E-state index in [1.807, 2.05) is 0 Å². The number of rotatable bonds is 7. The molecule has 0 spiro atoms. The molecular weight excluding hydrogens is 635 g/mol. The maximum absolute atomic E-state index is 14.7. The van der Waals surface area contributed by atoms with Gasteiger partial charge in [-0.1, -0.05) is 11.6 Å². The Kier molecular flexibility index (Phi) is 9.04. The highest BCUT2D eigenvalue weighted by molar-refractivity contribution is 7.98. The molecule has 0 radical (unpaired) electrons. The quantitative estimate of drug-likeness (QED) is 0.161. The standard InChI is InChI=1S/C27H26ClF5N6O4S/c1-11(40)22-23(42-3)20(38-10-13(8-35-38)15-5-6-16(28)19(30)18(15)29)21(41)24(43-22)26-36-12(2)37-39(26)17-7-14(44-4)9-34-25(17)27(31,32)33/h5-11,20-24,40-41H,1-4H3/t11?,20?,21?,22?,23-,24-/m1/s1. The van der Waals surface area contributed by atoms with Gasteiger partial charge in [-0.3, -0.25) is 4.68 Å². The minimum absolute atomic E-state index is 0.0686. The van der Waals surface area contributed by atoms with Crippen molar-refractivity contribution in [3.8, 4) is 16.8 Å². The van der Waals surface area contributed by atoms with Crippen LogP contribution in [0.15, 0.2) is 41.7 Å². The van der Waals surface area contributed by atoms with E-state index in [4.69, 9.17) is 21.1 Å². The minimum Gasteiger partial charge on any atom is -0.391 e. The lowest BCUT2D eigenvalue weighted by atomic mass is 9.89. The van der Waals surface area contributed by atoms with Gasteiger partial charge in [0.25, 0.3) is 0 Å². The predicted octanol–water partition coefficient (Wildman–Crippen LogP) is 4.94. The van der Waals surface area contributed by atoms with Crippen LogP contribution in [0.1, 0.15) is 36.4 Å². The van der Waals surface area contributed by atoms with Crippen LogP contribution in [-0.2, 0) is 15.7 Å². The van der Waals surface area contributed by atoms with Gasteiger partial charge < -0.3 is 19.7 Å². The van der Waals surface area contributed by atoms with Crippen molar-refractivity contribution >= 4 is 23.4 Å². The van der Waals surface area contributed by atoms with Crippen LogP contribution in [0.25, 0.3) is 16.8 Å². The van der Waals surface area contributed by atoms with E-state index in [2.05, 4.69) is 20.2 Å². The summed E-state index contributed by atoms with van der Waals surface area (Å²) in [5.74, 6) is -2.60. The lowest BCUT2D eigenvalue weighted by Crippen LogP contribution is -2.56. The molecule has 1 aliphatic heterocycles. The zero-order valence-corrected chi connectivity index (χ0v) is 25.1. The number of hydrogen-bond donors (Lipinski definition) is 2. The molecule has 1 fully saturated rings. The first-order valence-corrected chi connectivity index (χ1v) is 14.6. The van der Waals surface area contributed by atoms with Crippen LogP contribution in [0.3, 0.4) is 0 Å². The van der Waals surface area contributed by atoms with E-state index in [1.165, 1.54) is 56.2 Å². The highest BCUT2D eigenvalue weighted by Crippen LogP contribution is 2.42. The van der Waals surface area contributed by atoms with Crippen molar-refractivity contribution in [2.45, 2.75) is 61.5 Å². The zero-order valence-electron chi connectivity index (χ0n) is 23.5. The number of benzene rings is 1. The number of hydrogen-bond acceptors (Lipinski definition) is 9. The molecule has 6 atom stereocenters. The summed E-state index contributed by atoms with van der Waals surface area (Å²) in [6.07, 6.45) is -6.05. The van der Waals surface area contributed by atoms with E-state index >= 15 is 0 Å². The molecule has 1 aliphatic rings. The second-order valence-corrected chi connectivity index (χ2v) is 11.3. The Morgan fingerprint density at radius 1 is 1.18 bits per heavy atom. The summed E-state index contributed by atoms with van der Waals surface area (Å²) < 4.78 is 84.9. The van der Waals surface area contributed by atoms with Gasteiger partial charge in [-0.2, -0.15) is 23.4 Å². The molecule has 44 heavy (non-hydrogen) atoms. The van der Waals surface area contributed by atoms with Crippen molar-refractivity contribution in [1.82, 2.24) is 29.5 Å². The van der Waals surface area contributed by atoms with Crippen molar-refractivity contribution in [1.29, 1.82) is 0 Å². The average Bonchev–Trinajstić information content (AvgIpc) is 3.61. The minimum atomic E-state index is -4.86. The Morgan fingerprint density at radius 2 is 1.91 bits per heavy atom. The van der Waals surface area contributed by atoms with Gasteiger partial charge >= 0.3 is 6.18 Å². The molecule has 1 saturated heterocycles. The number of aryl methyl sites for hydroxylation is 1. The summed E-state index contributed by atoms with van der Waals surface area (Å²) in [6.45, 7) is 2.86. The molecule has 0 amide bonds. The van der Waals surface area contributed by atoms with Gasteiger partial charge in [0, 0.05) is 35.5 Å². The summed E-state index contributed by atoms with van der Waals surface area (Å²) in [4.78, 5) is 8.33. The molecule has 0 aliphatic carbocycles. The molecule has 10 nitrogen and oxygen atoms in total.